The summed E-state index contributed by atoms with van der Waals surface area (Å²) in [4.78, 5) is 13.1. The zero-order chi connectivity index (χ0) is 11.1. The van der Waals surface area contributed by atoms with Crippen LogP contribution in [-0.2, 0) is 10.1 Å². The highest BCUT2D eigenvalue weighted by Crippen LogP contribution is 2.18. The summed E-state index contributed by atoms with van der Waals surface area (Å²) in [6.45, 7) is 0. The lowest BCUT2D eigenvalue weighted by atomic mass is 10.2. The molecule has 86 valence electrons. The molecule has 0 bridgehead atoms. The molecule has 1 heterocycles. The lowest BCUT2D eigenvalue weighted by Gasteiger charge is -2.02. The maximum atomic E-state index is 11.0. The van der Waals surface area contributed by atoms with Gasteiger partial charge in [-0.05, 0) is 17.5 Å². The maximum Gasteiger partial charge on any atom is 0.296 e. The van der Waals surface area contributed by atoms with Crippen LogP contribution in [0.1, 0.15) is 0 Å². The number of fused-ring (bicyclic) bond motifs is 1. The van der Waals surface area contributed by atoms with E-state index in [0.29, 0.717) is 5.39 Å². The van der Waals surface area contributed by atoms with Crippen molar-refractivity contribution in [3.63, 3.8) is 0 Å². The Hall–Kier alpha value is -1.37. The number of pyridine rings is 1. The summed E-state index contributed by atoms with van der Waals surface area (Å²) in [5.41, 5.74) is -0.300. The smallest absolute Gasteiger partial charge is 0.296 e. The van der Waals surface area contributed by atoms with Gasteiger partial charge in [-0.25, -0.2) is 0 Å². The number of rotatable bonds is 1. The van der Waals surface area contributed by atoms with Crippen molar-refractivity contribution in [2.75, 3.05) is 0 Å². The Morgan fingerprint density at radius 2 is 1.81 bits per heavy atom. The molecule has 0 aliphatic heterocycles. The van der Waals surface area contributed by atoms with Crippen LogP contribution in [0.4, 0.5) is 0 Å². The normalized spacial score (nSPS) is 11.1. The fourth-order valence-electron chi connectivity index (χ4n) is 1.37. The SMILES string of the molecule is Cl.O=c1ccc2cccc(S(=O)(=O)O)c2[nH]1. The lowest BCUT2D eigenvalue weighted by molar-refractivity contribution is 0.484. The topological polar surface area (TPSA) is 87.2 Å². The Morgan fingerprint density at radius 1 is 1.12 bits per heavy atom. The van der Waals surface area contributed by atoms with Gasteiger partial charge in [0.25, 0.3) is 10.1 Å². The number of hydrogen-bond donors (Lipinski definition) is 2. The molecule has 0 fully saturated rings. The fraction of sp³-hybridized carbons (Fsp3) is 0. The molecular weight excluding hydrogens is 254 g/mol. The van der Waals surface area contributed by atoms with Gasteiger partial charge in [-0.15, -0.1) is 12.4 Å². The van der Waals surface area contributed by atoms with Crippen LogP contribution in [0.5, 0.6) is 0 Å². The van der Waals surface area contributed by atoms with Crippen molar-refractivity contribution >= 4 is 33.4 Å². The first kappa shape index (κ1) is 12.7. The largest absolute Gasteiger partial charge is 0.321 e. The van der Waals surface area contributed by atoms with Gasteiger partial charge in [-0.1, -0.05) is 12.1 Å². The predicted octanol–water partition coefficient (Wildman–Crippen LogP) is 1.20. The molecule has 0 atom stereocenters. The average Bonchev–Trinajstić information content (AvgIpc) is 2.15. The first-order chi connectivity index (χ1) is 6.98. The van der Waals surface area contributed by atoms with E-state index in [1.165, 1.54) is 24.3 Å². The molecule has 0 aliphatic carbocycles. The summed E-state index contributed by atoms with van der Waals surface area (Å²) >= 11 is 0. The van der Waals surface area contributed by atoms with Crippen molar-refractivity contribution in [3.8, 4) is 0 Å². The molecule has 1 aromatic heterocycles. The van der Waals surface area contributed by atoms with E-state index in [2.05, 4.69) is 4.98 Å². The average molecular weight is 262 g/mol. The third-order valence-electron chi connectivity index (χ3n) is 2.00. The molecule has 5 nitrogen and oxygen atoms in total. The van der Waals surface area contributed by atoms with Crippen LogP contribution in [0.15, 0.2) is 40.0 Å². The first-order valence-corrected chi connectivity index (χ1v) is 5.52. The van der Waals surface area contributed by atoms with Crippen molar-refractivity contribution in [1.29, 1.82) is 0 Å². The van der Waals surface area contributed by atoms with Crippen LogP contribution in [0.3, 0.4) is 0 Å². The molecule has 0 saturated carbocycles. The van der Waals surface area contributed by atoms with E-state index in [-0.39, 0.29) is 22.8 Å². The minimum Gasteiger partial charge on any atom is -0.321 e. The molecule has 1 aromatic carbocycles. The molecule has 2 N–H and O–H groups in total. The van der Waals surface area contributed by atoms with E-state index in [4.69, 9.17) is 4.55 Å². The quantitative estimate of drug-likeness (QED) is 0.755. The first-order valence-electron chi connectivity index (χ1n) is 4.08. The summed E-state index contributed by atoms with van der Waals surface area (Å²) in [7, 11) is -4.32. The molecule has 0 spiro atoms. The number of benzene rings is 1. The Kier molecular flexibility index (Phi) is 3.37. The van der Waals surface area contributed by atoms with Crippen molar-refractivity contribution in [2.45, 2.75) is 4.90 Å². The fourth-order valence-corrected chi connectivity index (χ4v) is 2.04. The number of aromatic amines is 1. The summed E-state index contributed by atoms with van der Waals surface area (Å²) in [5.74, 6) is 0. The number of halogens is 1. The van der Waals surface area contributed by atoms with Crippen molar-refractivity contribution < 1.29 is 13.0 Å². The maximum absolute atomic E-state index is 11.0. The Balaban J connectivity index is 0.00000128. The van der Waals surface area contributed by atoms with E-state index in [0.717, 1.165) is 0 Å². The Labute approximate surface area is 97.3 Å². The molecule has 0 unspecified atom stereocenters. The van der Waals surface area contributed by atoms with Gasteiger partial charge < -0.3 is 4.98 Å². The minimum absolute atomic E-state index is 0. The molecule has 2 aromatic rings. The standard InChI is InChI=1S/C9H7NO4S.ClH/c11-8-5-4-6-2-1-3-7(9(6)10-8)15(12,13)14;/h1-5H,(H,10,11)(H,12,13,14);1H. The molecule has 0 amide bonds. The van der Waals surface area contributed by atoms with Crippen LogP contribution < -0.4 is 5.56 Å². The van der Waals surface area contributed by atoms with E-state index < -0.39 is 15.7 Å². The van der Waals surface area contributed by atoms with E-state index >= 15 is 0 Å². The lowest BCUT2D eigenvalue weighted by Crippen LogP contribution is -2.06. The molecule has 0 aliphatic rings. The zero-order valence-electron chi connectivity index (χ0n) is 7.88. The van der Waals surface area contributed by atoms with E-state index in [1.807, 2.05) is 0 Å². The van der Waals surface area contributed by atoms with E-state index in [9.17, 15) is 13.2 Å². The van der Waals surface area contributed by atoms with Crippen LogP contribution in [0.2, 0.25) is 0 Å². The highest BCUT2D eigenvalue weighted by Gasteiger charge is 2.13. The van der Waals surface area contributed by atoms with Gasteiger partial charge in [0.15, 0.2) is 0 Å². The van der Waals surface area contributed by atoms with Crippen LogP contribution >= 0.6 is 12.4 Å². The zero-order valence-corrected chi connectivity index (χ0v) is 9.51. The van der Waals surface area contributed by atoms with Crippen LogP contribution in [0, 0.1) is 0 Å². The van der Waals surface area contributed by atoms with Gasteiger partial charge in [-0.2, -0.15) is 8.42 Å². The number of H-pyrrole nitrogens is 1. The molecule has 7 heteroatoms. The van der Waals surface area contributed by atoms with Crippen molar-refractivity contribution in [3.05, 3.63) is 40.7 Å². The van der Waals surface area contributed by atoms with Crippen LogP contribution in [0.25, 0.3) is 10.9 Å². The molecule has 0 radical (unpaired) electrons. The highest BCUT2D eigenvalue weighted by atomic mass is 35.5. The van der Waals surface area contributed by atoms with Gasteiger partial charge in [0.05, 0.1) is 5.52 Å². The monoisotopic (exact) mass is 261 g/mol. The van der Waals surface area contributed by atoms with Crippen molar-refractivity contribution in [2.24, 2.45) is 0 Å². The number of aromatic nitrogens is 1. The third-order valence-corrected chi connectivity index (χ3v) is 2.89. The van der Waals surface area contributed by atoms with Gasteiger partial charge >= 0.3 is 0 Å². The van der Waals surface area contributed by atoms with E-state index in [1.54, 1.807) is 6.07 Å². The van der Waals surface area contributed by atoms with Gasteiger partial charge in [0.2, 0.25) is 5.56 Å². The number of hydrogen-bond acceptors (Lipinski definition) is 3. The second kappa shape index (κ2) is 4.25. The molecular formula is C9H8ClNO4S. The predicted molar refractivity (Wildman–Crippen MR) is 61.6 cm³/mol. The van der Waals surface area contributed by atoms with Gasteiger partial charge in [-0.3, -0.25) is 9.35 Å². The molecule has 0 saturated heterocycles. The van der Waals surface area contributed by atoms with Crippen molar-refractivity contribution in [1.82, 2.24) is 4.98 Å². The van der Waals surface area contributed by atoms with Crippen LogP contribution in [-0.4, -0.2) is 18.0 Å². The second-order valence-corrected chi connectivity index (χ2v) is 4.41. The summed E-state index contributed by atoms with van der Waals surface area (Å²) in [5, 5.41) is 0.546. The summed E-state index contributed by atoms with van der Waals surface area (Å²) in [6.07, 6.45) is 0. The Morgan fingerprint density at radius 3 is 2.44 bits per heavy atom. The minimum atomic E-state index is -4.32. The van der Waals surface area contributed by atoms with Gasteiger partial charge in [0, 0.05) is 6.07 Å². The Bertz CT molecular complexity index is 677. The third kappa shape index (κ3) is 2.24. The second-order valence-electron chi connectivity index (χ2n) is 3.02. The molecule has 16 heavy (non-hydrogen) atoms. The molecule has 2 rings (SSSR count). The summed E-state index contributed by atoms with van der Waals surface area (Å²) in [6, 6.07) is 7.14. The number of nitrogens with one attached hydrogen (secondary N) is 1. The van der Waals surface area contributed by atoms with Gasteiger partial charge in [0.1, 0.15) is 4.90 Å². The highest BCUT2D eigenvalue weighted by molar-refractivity contribution is 7.86. The summed E-state index contributed by atoms with van der Waals surface area (Å²) < 4.78 is 30.9. The number of para-hydroxylation sites is 1.